The molecule has 3 nitrogen and oxygen atoms in total. The highest BCUT2D eigenvalue weighted by molar-refractivity contribution is 6.21. The minimum absolute atomic E-state index is 0.0312. The van der Waals surface area contributed by atoms with Crippen LogP contribution in [-0.2, 0) is 0 Å². The van der Waals surface area contributed by atoms with Gasteiger partial charge in [0.25, 0.3) is 0 Å². The van der Waals surface area contributed by atoms with Crippen LogP contribution in [0.15, 0.2) is 0 Å². The fraction of sp³-hybridized carbons (Fsp3) is 1.00. The number of rotatable bonds is 2. The van der Waals surface area contributed by atoms with Crippen LogP contribution in [0, 0.1) is 0 Å². The van der Waals surface area contributed by atoms with Crippen molar-refractivity contribution in [2.45, 2.75) is 74.0 Å². The van der Waals surface area contributed by atoms with Crippen LogP contribution in [0.4, 0.5) is 0 Å². The van der Waals surface area contributed by atoms with E-state index in [4.69, 9.17) is 61.7 Å². The van der Waals surface area contributed by atoms with Gasteiger partial charge in [0, 0.05) is 11.8 Å². The van der Waals surface area contributed by atoms with E-state index in [0.717, 1.165) is 38.5 Å². The molecule has 3 N–H and O–H groups in total. The Labute approximate surface area is 147 Å². The molecule has 0 aromatic rings. The Balaban J connectivity index is 0.000000290. The van der Waals surface area contributed by atoms with Crippen molar-refractivity contribution >= 4 is 46.4 Å². The summed E-state index contributed by atoms with van der Waals surface area (Å²) >= 11 is 21.6. The Bertz CT molecular complexity index is 224. The van der Waals surface area contributed by atoms with E-state index in [9.17, 15) is 0 Å². The van der Waals surface area contributed by atoms with Gasteiger partial charge in [-0.3, -0.25) is 0 Å². The number of hydrogen-bond acceptors (Lipinski definition) is 3. The molecule has 0 heterocycles. The molecule has 0 radical (unpaired) electrons. The lowest BCUT2D eigenvalue weighted by Crippen LogP contribution is -2.24. The number of alkyl halides is 4. The Morgan fingerprint density at radius 2 is 1.14 bits per heavy atom. The van der Waals surface area contributed by atoms with Crippen molar-refractivity contribution in [2.24, 2.45) is 0 Å². The molecule has 2 fully saturated rings. The molecule has 4 unspecified atom stereocenters. The van der Waals surface area contributed by atoms with Crippen molar-refractivity contribution in [1.82, 2.24) is 0 Å². The zero-order chi connectivity index (χ0) is 16.3. The molecule has 0 aromatic carbocycles. The largest absolute Gasteiger partial charge is 0.392 e. The first-order chi connectivity index (χ1) is 9.92. The van der Waals surface area contributed by atoms with Gasteiger partial charge in [-0.25, -0.2) is 0 Å². The van der Waals surface area contributed by atoms with Gasteiger partial charge in [-0.15, -0.1) is 46.4 Å². The molecule has 0 aromatic heterocycles. The second-order valence-electron chi connectivity index (χ2n) is 5.34. The topological polar surface area (TPSA) is 60.7 Å². The van der Waals surface area contributed by atoms with Gasteiger partial charge in [-0.05, 0) is 32.1 Å². The Hall–Kier alpha value is 1.04. The van der Waals surface area contributed by atoms with Crippen molar-refractivity contribution in [3.63, 3.8) is 0 Å². The average Bonchev–Trinajstić information content (AvgIpc) is 2.86. The van der Waals surface area contributed by atoms with Crippen molar-refractivity contribution in [1.29, 1.82) is 0 Å². The minimum Gasteiger partial charge on any atom is -0.392 e. The number of aliphatic hydroxyl groups is 3. The van der Waals surface area contributed by atoms with Gasteiger partial charge >= 0.3 is 0 Å². The molecule has 2 saturated carbocycles. The third kappa shape index (κ3) is 11.2. The Morgan fingerprint density at radius 3 is 1.33 bits per heavy atom. The minimum atomic E-state index is -0.534. The van der Waals surface area contributed by atoms with Gasteiger partial charge in [0.05, 0.1) is 29.1 Å². The van der Waals surface area contributed by atoms with Crippen LogP contribution in [0.1, 0.15) is 44.9 Å². The van der Waals surface area contributed by atoms with E-state index in [0.29, 0.717) is 0 Å². The molecule has 2 aliphatic carbocycles. The molecule has 0 saturated heterocycles. The normalized spacial score (nSPS) is 32.0. The molecule has 21 heavy (non-hydrogen) atoms. The second-order valence-corrected chi connectivity index (χ2v) is 7.08. The lowest BCUT2D eigenvalue weighted by Gasteiger charge is -2.21. The van der Waals surface area contributed by atoms with Crippen molar-refractivity contribution < 1.29 is 15.3 Å². The number of halogens is 4. The molecule has 2 aliphatic rings. The molecule has 0 spiro atoms. The van der Waals surface area contributed by atoms with E-state index in [1.165, 1.54) is 6.42 Å². The first-order valence-corrected chi connectivity index (χ1v) is 9.30. The van der Waals surface area contributed by atoms with E-state index in [2.05, 4.69) is 0 Å². The fourth-order valence-corrected chi connectivity index (χ4v) is 2.89. The summed E-state index contributed by atoms with van der Waals surface area (Å²) in [4.78, 5) is 0. The third-order valence-corrected chi connectivity index (χ3v) is 5.13. The summed E-state index contributed by atoms with van der Waals surface area (Å²) in [5, 5.41) is 26.4. The Morgan fingerprint density at radius 1 is 0.762 bits per heavy atom. The fourth-order valence-electron chi connectivity index (χ4n) is 2.00. The monoisotopic (exact) mass is 382 g/mol. The smallest absolute Gasteiger partial charge is 0.0810 e. The quantitative estimate of drug-likeness (QED) is 0.639. The molecule has 2 rings (SSSR count). The molecular weight excluding hydrogens is 358 g/mol. The first-order valence-electron chi connectivity index (χ1n) is 7.36. The summed E-state index contributed by atoms with van der Waals surface area (Å²) in [6, 6.07) is 0. The molecule has 7 heteroatoms. The maximum absolute atomic E-state index is 9.05. The molecule has 0 aliphatic heterocycles. The molecule has 0 bridgehead atoms. The Kier molecular flexibility index (Phi) is 14.1. The molecular formula is C14H26Cl4O3. The lowest BCUT2D eigenvalue weighted by molar-refractivity contribution is 0.134. The van der Waals surface area contributed by atoms with Crippen LogP contribution in [0.25, 0.3) is 0 Å². The van der Waals surface area contributed by atoms with Crippen molar-refractivity contribution in [2.75, 3.05) is 11.8 Å². The van der Waals surface area contributed by atoms with Gasteiger partial charge in [0.15, 0.2) is 0 Å². The zero-order valence-corrected chi connectivity index (χ0v) is 15.1. The summed E-state index contributed by atoms with van der Waals surface area (Å²) in [5.41, 5.74) is 0. The van der Waals surface area contributed by atoms with Crippen LogP contribution >= 0.6 is 46.4 Å². The molecule has 4 atom stereocenters. The predicted octanol–water partition coefficient (Wildman–Crippen LogP) is 3.49. The summed E-state index contributed by atoms with van der Waals surface area (Å²) in [6.07, 6.45) is 6.21. The highest BCUT2D eigenvalue weighted by Crippen LogP contribution is 2.23. The van der Waals surface area contributed by atoms with E-state index in [1.807, 2.05) is 0 Å². The maximum Gasteiger partial charge on any atom is 0.0810 e. The van der Waals surface area contributed by atoms with Crippen LogP contribution in [0.3, 0.4) is 0 Å². The predicted molar refractivity (Wildman–Crippen MR) is 91.1 cm³/mol. The van der Waals surface area contributed by atoms with Crippen LogP contribution in [0.5, 0.6) is 0 Å². The van der Waals surface area contributed by atoms with Crippen LogP contribution in [0.2, 0.25) is 0 Å². The standard InChI is InChI=1S/C6H11ClO.C5H9ClO.C3H6Cl2O/c7-5-3-1-2-4-6(5)8;6-4-2-1-3-5(4)7;4-1-3(6)2-5/h5-6,8H,1-4H2;4-5,7H,1-3H2;3,6H,1-2H2. The van der Waals surface area contributed by atoms with Gasteiger partial charge in [0.2, 0.25) is 0 Å². The summed E-state index contributed by atoms with van der Waals surface area (Å²) in [7, 11) is 0. The summed E-state index contributed by atoms with van der Waals surface area (Å²) in [5.74, 6) is 0.451. The zero-order valence-electron chi connectivity index (χ0n) is 12.1. The highest BCUT2D eigenvalue weighted by Gasteiger charge is 2.22. The van der Waals surface area contributed by atoms with E-state index < -0.39 is 6.10 Å². The van der Waals surface area contributed by atoms with Gasteiger partial charge in [0.1, 0.15) is 0 Å². The van der Waals surface area contributed by atoms with E-state index >= 15 is 0 Å². The van der Waals surface area contributed by atoms with Crippen LogP contribution in [-0.4, -0.2) is 56.1 Å². The SMILES string of the molecule is OC(CCl)CCl.OC1CCCC1Cl.OC1CCCCC1Cl. The van der Waals surface area contributed by atoms with E-state index in [1.54, 1.807) is 0 Å². The van der Waals surface area contributed by atoms with Crippen molar-refractivity contribution in [3.8, 4) is 0 Å². The second kappa shape index (κ2) is 13.5. The van der Waals surface area contributed by atoms with E-state index in [-0.39, 0.29) is 34.7 Å². The summed E-state index contributed by atoms with van der Waals surface area (Å²) in [6.45, 7) is 0. The first kappa shape index (κ1) is 22.0. The lowest BCUT2D eigenvalue weighted by atomic mass is 9.98. The third-order valence-electron chi connectivity index (χ3n) is 3.40. The molecule has 0 amide bonds. The highest BCUT2D eigenvalue weighted by atomic mass is 35.5. The maximum atomic E-state index is 9.05. The van der Waals surface area contributed by atoms with Gasteiger partial charge in [-0.2, -0.15) is 0 Å². The summed E-state index contributed by atoms with van der Waals surface area (Å²) < 4.78 is 0. The van der Waals surface area contributed by atoms with Crippen molar-refractivity contribution in [3.05, 3.63) is 0 Å². The number of hydrogen-bond donors (Lipinski definition) is 3. The van der Waals surface area contributed by atoms with Gasteiger partial charge < -0.3 is 15.3 Å². The van der Waals surface area contributed by atoms with Gasteiger partial charge in [-0.1, -0.05) is 12.8 Å². The number of aliphatic hydroxyl groups excluding tert-OH is 3. The van der Waals surface area contributed by atoms with Crippen LogP contribution < -0.4 is 0 Å². The molecule has 128 valence electrons. The average molecular weight is 384 g/mol.